The van der Waals surface area contributed by atoms with E-state index in [0.29, 0.717) is 10.8 Å². The Labute approximate surface area is 142 Å². The molecule has 0 bridgehead atoms. The minimum atomic E-state index is 0.113. The fraction of sp³-hybridized carbons (Fsp3) is 0.765. The summed E-state index contributed by atoms with van der Waals surface area (Å²) in [6.07, 6.45) is 3.64. The quantitative estimate of drug-likeness (QED) is 0.815. The van der Waals surface area contributed by atoms with Crippen molar-refractivity contribution < 1.29 is 0 Å². The second kappa shape index (κ2) is 5.95. The number of nitrogens with two attached hydrogens (primary N) is 1. The largest absolute Gasteiger partial charge is 0.329 e. The van der Waals surface area contributed by atoms with Gasteiger partial charge in [-0.2, -0.15) is 0 Å². The fourth-order valence-corrected chi connectivity index (χ4v) is 6.18. The summed E-state index contributed by atoms with van der Waals surface area (Å²) < 4.78 is 1.18. The molecule has 1 aliphatic carbocycles. The zero-order valence-corrected chi connectivity index (χ0v) is 16.4. The maximum Gasteiger partial charge on any atom is 0.0342 e. The van der Waals surface area contributed by atoms with Gasteiger partial charge in [-0.25, -0.2) is 0 Å². The molecule has 21 heavy (non-hydrogen) atoms. The van der Waals surface area contributed by atoms with Crippen LogP contribution in [0, 0.1) is 10.8 Å². The normalized spacial score (nSPS) is 23.4. The molecule has 0 unspecified atom stereocenters. The van der Waals surface area contributed by atoms with Crippen LogP contribution in [0.3, 0.4) is 0 Å². The lowest BCUT2D eigenvalue weighted by Gasteiger charge is -2.55. The molecule has 1 saturated carbocycles. The van der Waals surface area contributed by atoms with Gasteiger partial charge < -0.3 is 5.73 Å². The average Bonchev–Trinajstić information content (AvgIpc) is 2.70. The number of rotatable bonds is 4. The van der Waals surface area contributed by atoms with Crippen LogP contribution < -0.4 is 5.73 Å². The molecule has 4 heteroatoms. The molecular weight excluding hydrogens is 344 g/mol. The zero-order valence-electron chi connectivity index (χ0n) is 14.0. The highest BCUT2D eigenvalue weighted by Gasteiger charge is 2.48. The lowest BCUT2D eigenvalue weighted by molar-refractivity contribution is -0.0353. The SMILES string of the molecule is CN(Cc1cc(Br)cs1)C1(CN)CC(C)(C)CC(C)(C)C1. The summed E-state index contributed by atoms with van der Waals surface area (Å²) in [7, 11) is 2.25. The van der Waals surface area contributed by atoms with E-state index >= 15 is 0 Å². The molecule has 0 atom stereocenters. The van der Waals surface area contributed by atoms with Crippen LogP contribution in [0.4, 0.5) is 0 Å². The molecule has 1 aromatic rings. The second-order valence-corrected chi connectivity index (χ2v) is 10.3. The van der Waals surface area contributed by atoms with Gasteiger partial charge in [-0.3, -0.25) is 4.90 Å². The van der Waals surface area contributed by atoms with E-state index in [-0.39, 0.29) is 5.54 Å². The van der Waals surface area contributed by atoms with E-state index < -0.39 is 0 Å². The number of halogens is 1. The topological polar surface area (TPSA) is 29.3 Å². The van der Waals surface area contributed by atoms with Crippen LogP contribution in [-0.2, 0) is 6.54 Å². The van der Waals surface area contributed by atoms with Gasteiger partial charge in [0.25, 0.3) is 0 Å². The Hall–Kier alpha value is 0.1000. The molecule has 2 rings (SSSR count). The van der Waals surface area contributed by atoms with Crippen LogP contribution in [0.5, 0.6) is 0 Å². The van der Waals surface area contributed by atoms with Crippen LogP contribution in [-0.4, -0.2) is 24.0 Å². The number of nitrogens with zero attached hydrogens (tertiary/aromatic N) is 1. The molecular formula is C17H29BrN2S. The zero-order chi connectivity index (χ0) is 15.9. The maximum absolute atomic E-state index is 6.29. The summed E-state index contributed by atoms with van der Waals surface area (Å²) in [5.41, 5.74) is 7.11. The average molecular weight is 373 g/mol. The van der Waals surface area contributed by atoms with Crippen molar-refractivity contribution in [2.75, 3.05) is 13.6 Å². The molecule has 0 saturated heterocycles. The van der Waals surface area contributed by atoms with Gasteiger partial charge in [-0.1, -0.05) is 27.7 Å². The third-order valence-corrected chi connectivity index (χ3v) is 6.46. The summed E-state index contributed by atoms with van der Waals surface area (Å²) in [4.78, 5) is 3.91. The number of thiophene rings is 1. The first-order valence-electron chi connectivity index (χ1n) is 7.72. The Kier molecular flexibility index (Phi) is 4.95. The van der Waals surface area contributed by atoms with Crippen molar-refractivity contribution in [2.24, 2.45) is 16.6 Å². The third kappa shape index (κ3) is 4.10. The highest BCUT2D eigenvalue weighted by molar-refractivity contribution is 9.10. The highest BCUT2D eigenvalue weighted by Crippen LogP contribution is 2.51. The minimum absolute atomic E-state index is 0.113. The van der Waals surface area contributed by atoms with E-state index in [9.17, 15) is 0 Å². The summed E-state index contributed by atoms with van der Waals surface area (Å²) in [5, 5.41) is 2.16. The molecule has 1 aromatic heterocycles. The third-order valence-electron chi connectivity index (χ3n) is 4.78. The lowest BCUT2D eigenvalue weighted by atomic mass is 9.58. The molecule has 2 nitrogen and oxygen atoms in total. The van der Waals surface area contributed by atoms with Crippen LogP contribution in [0.15, 0.2) is 15.9 Å². The van der Waals surface area contributed by atoms with E-state index in [2.05, 4.69) is 67.0 Å². The van der Waals surface area contributed by atoms with E-state index in [1.807, 2.05) is 11.3 Å². The summed E-state index contributed by atoms with van der Waals surface area (Å²) in [6, 6.07) is 2.23. The van der Waals surface area contributed by atoms with Crippen molar-refractivity contribution in [3.05, 3.63) is 20.8 Å². The van der Waals surface area contributed by atoms with E-state index in [0.717, 1.165) is 13.1 Å². The first-order chi connectivity index (χ1) is 9.57. The van der Waals surface area contributed by atoms with Crippen molar-refractivity contribution in [2.45, 2.75) is 59.0 Å². The first kappa shape index (κ1) is 17.5. The van der Waals surface area contributed by atoms with Crippen molar-refractivity contribution in [1.82, 2.24) is 4.90 Å². The van der Waals surface area contributed by atoms with E-state index in [1.54, 1.807) is 0 Å². The molecule has 1 aliphatic rings. The predicted molar refractivity (Wildman–Crippen MR) is 96.7 cm³/mol. The number of likely N-dealkylation sites (N-methyl/N-ethyl adjacent to an activating group) is 1. The van der Waals surface area contributed by atoms with Crippen LogP contribution >= 0.6 is 27.3 Å². The van der Waals surface area contributed by atoms with Gasteiger partial charge in [0.15, 0.2) is 0 Å². The van der Waals surface area contributed by atoms with E-state index in [1.165, 1.54) is 28.6 Å². The molecule has 120 valence electrons. The fourth-order valence-electron chi connectivity index (χ4n) is 4.67. The molecule has 0 spiro atoms. The highest BCUT2D eigenvalue weighted by atomic mass is 79.9. The van der Waals surface area contributed by atoms with Crippen molar-refractivity contribution in [3.63, 3.8) is 0 Å². The molecule has 2 N–H and O–H groups in total. The Morgan fingerprint density at radius 3 is 2.19 bits per heavy atom. The molecule has 0 aromatic carbocycles. The molecule has 0 radical (unpaired) electrons. The molecule has 0 aliphatic heterocycles. The Balaban J connectivity index is 2.23. The van der Waals surface area contributed by atoms with Crippen molar-refractivity contribution in [1.29, 1.82) is 0 Å². The minimum Gasteiger partial charge on any atom is -0.329 e. The molecule has 1 heterocycles. The van der Waals surface area contributed by atoms with Gasteiger partial charge in [-0.05, 0) is 59.1 Å². The predicted octanol–water partition coefficient (Wildman–Crippen LogP) is 4.88. The number of hydrogen-bond donors (Lipinski definition) is 1. The standard InChI is InChI=1S/C17H29BrN2S/c1-15(2)9-16(3,4)11-17(10-15,12-19)20(5)7-14-6-13(18)8-21-14/h6,8H,7,9-12,19H2,1-5H3. The summed E-state index contributed by atoms with van der Waals surface area (Å²) >= 11 is 5.37. The summed E-state index contributed by atoms with van der Waals surface area (Å²) in [5.74, 6) is 0. The smallest absolute Gasteiger partial charge is 0.0342 e. The van der Waals surface area contributed by atoms with Gasteiger partial charge in [-0.15, -0.1) is 11.3 Å². The van der Waals surface area contributed by atoms with Crippen LogP contribution in [0.2, 0.25) is 0 Å². The van der Waals surface area contributed by atoms with Gasteiger partial charge in [0.1, 0.15) is 0 Å². The van der Waals surface area contributed by atoms with Crippen LogP contribution in [0.25, 0.3) is 0 Å². The van der Waals surface area contributed by atoms with E-state index in [4.69, 9.17) is 5.73 Å². The Morgan fingerprint density at radius 1 is 1.19 bits per heavy atom. The van der Waals surface area contributed by atoms with Crippen molar-refractivity contribution in [3.8, 4) is 0 Å². The van der Waals surface area contributed by atoms with Gasteiger partial charge >= 0.3 is 0 Å². The second-order valence-electron chi connectivity index (χ2n) is 8.37. The monoisotopic (exact) mass is 372 g/mol. The van der Waals surface area contributed by atoms with Gasteiger partial charge in [0.2, 0.25) is 0 Å². The Bertz CT molecular complexity index is 477. The first-order valence-corrected chi connectivity index (χ1v) is 9.39. The molecule has 0 amide bonds. The van der Waals surface area contributed by atoms with Gasteiger partial charge in [0.05, 0.1) is 0 Å². The number of hydrogen-bond acceptors (Lipinski definition) is 3. The molecule has 1 fully saturated rings. The lowest BCUT2D eigenvalue weighted by Crippen LogP contribution is -2.59. The summed E-state index contributed by atoms with van der Waals surface area (Å²) in [6.45, 7) is 11.3. The van der Waals surface area contributed by atoms with Gasteiger partial charge in [0, 0.05) is 33.4 Å². The maximum atomic E-state index is 6.29. The van der Waals surface area contributed by atoms with Crippen LogP contribution in [0.1, 0.15) is 51.8 Å². The Morgan fingerprint density at radius 2 is 1.76 bits per heavy atom. The van der Waals surface area contributed by atoms with Crippen molar-refractivity contribution >= 4 is 27.3 Å².